The number of hydrogen-bond acceptors (Lipinski definition) is 5. The summed E-state index contributed by atoms with van der Waals surface area (Å²) < 4.78 is 10.3. The number of aliphatic hydroxyl groups excluding tert-OH is 1. The van der Waals surface area contributed by atoms with Gasteiger partial charge in [-0.15, -0.1) is 0 Å². The minimum absolute atomic E-state index is 0.00681. The first kappa shape index (κ1) is 12.4. The number of hydrogen-bond donors (Lipinski definition) is 1. The molecule has 1 N–H and O–H groups in total. The van der Waals surface area contributed by atoms with Crippen LogP contribution in [0.1, 0.15) is 20.3 Å². The quantitative estimate of drug-likeness (QED) is 0.658. The summed E-state index contributed by atoms with van der Waals surface area (Å²) in [6.07, 6.45) is -0.930. The fraction of sp³-hybridized carbons (Fsp3) is 0.900. The molecule has 4 atom stereocenters. The SMILES string of the molecule is CC(=O)OC1C(O)OC(C)CC1N(C)C. The van der Waals surface area contributed by atoms with Gasteiger partial charge in [0.1, 0.15) is 0 Å². The molecule has 0 aliphatic carbocycles. The smallest absolute Gasteiger partial charge is 0.303 e. The zero-order valence-corrected chi connectivity index (χ0v) is 9.64. The average Bonchev–Trinajstić information content (AvgIpc) is 2.08. The maximum Gasteiger partial charge on any atom is 0.303 e. The van der Waals surface area contributed by atoms with Crippen LogP contribution in [0.25, 0.3) is 0 Å². The Kier molecular flexibility index (Phi) is 4.07. The Bertz CT molecular complexity index is 231. The van der Waals surface area contributed by atoms with Crippen LogP contribution >= 0.6 is 0 Å². The third-order valence-electron chi connectivity index (χ3n) is 2.57. The second-order valence-corrected chi connectivity index (χ2v) is 4.18. The molecular weight excluding hydrogens is 198 g/mol. The molecule has 4 unspecified atom stereocenters. The lowest BCUT2D eigenvalue weighted by Crippen LogP contribution is -2.54. The van der Waals surface area contributed by atoms with Gasteiger partial charge in [-0.3, -0.25) is 4.79 Å². The monoisotopic (exact) mass is 217 g/mol. The van der Waals surface area contributed by atoms with E-state index in [-0.39, 0.29) is 12.1 Å². The van der Waals surface area contributed by atoms with Crippen LogP contribution in [0, 0.1) is 0 Å². The third-order valence-corrected chi connectivity index (χ3v) is 2.57. The number of likely N-dealkylation sites (N-methyl/N-ethyl adjacent to an activating group) is 1. The zero-order chi connectivity index (χ0) is 11.6. The van der Waals surface area contributed by atoms with Crippen molar-refractivity contribution in [3.05, 3.63) is 0 Å². The zero-order valence-electron chi connectivity index (χ0n) is 9.64. The Morgan fingerprint density at radius 3 is 2.60 bits per heavy atom. The summed E-state index contributed by atoms with van der Waals surface area (Å²) >= 11 is 0. The van der Waals surface area contributed by atoms with Gasteiger partial charge in [0.25, 0.3) is 0 Å². The highest BCUT2D eigenvalue weighted by Crippen LogP contribution is 2.24. The molecule has 0 spiro atoms. The van der Waals surface area contributed by atoms with Crippen molar-refractivity contribution in [2.75, 3.05) is 14.1 Å². The van der Waals surface area contributed by atoms with E-state index in [4.69, 9.17) is 9.47 Å². The Balaban J connectivity index is 2.73. The molecule has 0 saturated carbocycles. The van der Waals surface area contributed by atoms with Crippen molar-refractivity contribution in [1.82, 2.24) is 4.90 Å². The molecule has 0 radical (unpaired) electrons. The van der Waals surface area contributed by atoms with Crippen molar-refractivity contribution < 1.29 is 19.4 Å². The number of carbonyl (C=O) groups is 1. The molecule has 0 aromatic heterocycles. The van der Waals surface area contributed by atoms with E-state index in [1.165, 1.54) is 6.92 Å². The van der Waals surface area contributed by atoms with Gasteiger partial charge in [-0.05, 0) is 27.4 Å². The molecule has 0 aromatic rings. The van der Waals surface area contributed by atoms with E-state index >= 15 is 0 Å². The van der Waals surface area contributed by atoms with Crippen LogP contribution in [0.3, 0.4) is 0 Å². The first-order chi connectivity index (χ1) is 6.91. The minimum Gasteiger partial charge on any atom is -0.455 e. The summed E-state index contributed by atoms with van der Waals surface area (Å²) in [7, 11) is 3.79. The summed E-state index contributed by atoms with van der Waals surface area (Å²) in [5.74, 6) is -0.399. The molecule has 1 aliphatic heterocycles. The van der Waals surface area contributed by atoms with Gasteiger partial charge in [0, 0.05) is 6.92 Å². The van der Waals surface area contributed by atoms with Crippen LogP contribution < -0.4 is 0 Å². The predicted octanol–water partition coefficient (Wildman–Crippen LogP) is -0.0245. The number of ether oxygens (including phenoxy) is 2. The van der Waals surface area contributed by atoms with E-state index in [2.05, 4.69) is 0 Å². The standard InChI is InChI=1S/C10H19NO4/c1-6-5-8(11(3)4)9(10(13)14-6)15-7(2)12/h6,8-10,13H,5H2,1-4H3. The normalized spacial score (nSPS) is 36.7. The molecule has 1 heterocycles. The number of esters is 1. The van der Waals surface area contributed by atoms with Crippen molar-refractivity contribution in [3.8, 4) is 0 Å². The van der Waals surface area contributed by atoms with Crippen LogP contribution in [0.4, 0.5) is 0 Å². The van der Waals surface area contributed by atoms with Gasteiger partial charge in [-0.2, -0.15) is 0 Å². The van der Waals surface area contributed by atoms with Crippen molar-refractivity contribution >= 4 is 5.97 Å². The Morgan fingerprint density at radius 2 is 2.13 bits per heavy atom. The second-order valence-electron chi connectivity index (χ2n) is 4.18. The van der Waals surface area contributed by atoms with Gasteiger partial charge in [0.2, 0.25) is 0 Å². The molecule has 5 heteroatoms. The first-order valence-corrected chi connectivity index (χ1v) is 5.09. The lowest BCUT2D eigenvalue weighted by atomic mass is 9.99. The molecule has 0 aromatic carbocycles. The highest BCUT2D eigenvalue weighted by molar-refractivity contribution is 5.66. The van der Waals surface area contributed by atoms with Crippen LogP contribution in [0.2, 0.25) is 0 Å². The lowest BCUT2D eigenvalue weighted by Gasteiger charge is -2.40. The van der Waals surface area contributed by atoms with Gasteiger partial charge < -0.3 is 19.5 Å². The van der Waals surface area contributed by atoms with E-state index in [0.29, 0.717) is 0 Å². The third kappa shape index (κ3) is 3.15. The molecular formula is C10H19NO4. The number of nitrogens with zero attached hydrogens (tertiary/aromatic N) is 1. The lowest BCUT2D eigenvalue weighted by molar-refractivity contribution is -0.240. The van der Waals surface area contributed by atoms with Gasteiger partial charge >= 0.3 is 5.97 Å². The first-order valence-electron chi connectivity index (χ1n) is 5.09. The Hall–Kier alpha value is -0.650. The van der Waals surface area contributed by atoms with Gasteiger partial charge in [0.05, 0.1) is 12.1 Å². The van der Waals surface area contributed by atoms with E-state index in [1.54, 1.807) is 0 Å². The highest BCUT2D eigenvalue weighted by atomic mass is 16.6. The molecule has 1 rings (SSSR count). The van der Waals surface area contributed by atoms with Crippen molar-refractivity contribution in [3.63, 3.8) is 0 Å². The minimum atomic E-state index is -1.04. The van der Waals surface area contributed by atoms with Gasteiger partial charge in [0.15, 0.2) is 12.4 Å². The van der Waals surface area contributed by atoms with Crippen molar-refractivity contribution in [2.45, 2.75) is 44.8 Å². The van der Waals surface area contributed by atoms with Crippen LogP contribution in [0.15, 0.2) is 0 Å². The fourth-order valence-corrected chi connectivity index (χ4v) is 1.87. The van der Waals surface area contributed by atoms with E-state index in [1.807, 2.05) is 25.9 Å². The molecule has 1 fully saturated rings. The second kappa shape index (κ2) is 4.92. The summed E-state index contributed by atoms with van der Waals surface area (Å²) in [4.78, 5) is 12.8. The van der Waals surface area contributed by atoms with Gasteiger partial charge in [-0.25, -0.2) is 0 Å². The summed E-state index contributed by atoms with van der Waals surface area (Å²) in [6, 6.07) is -0.00681. The highest BCUT2D eigenvalue weighted by Gasteiger charge is 2.39. The molecule has 15 heavy (non-hydrogen) atoms. The summed E-state index contributed by atoms with van der Waals surface area (Å²) in [5.41, 5.74) is 0. The molecule has 5 nitrogen and oxygen atoms in total. The maximum atomic E-state index is 10.9. The van der Waals surface area contributed by atoms with Gasteiger partial charge in [-0.1, -0.05) is 0 Å². The number of aliphatic hydroxyl groups is 1. The summed E-state index contributed by atoms with van der Waals surface area (Å²) in [5, 5.41) is 9.68. The molecule has 1 saturated heterocycles. The van der Waals surface area contributed by atoms with Crippen LogP contribution in [-0.4, -0.2) is 54.6 Å². The summed E-state index contributed by atoms with van der Waals surface area (Å²) in [6.45, 7) is 3.22. The van der Waals surface area contributed by atoms with Crippen LogP contribution in [0.5, 0.6) is 0 Å². The van der Waals surface area contributed by atoms with Crippen molar-refractivity contribution in [1.29, 1.82) is 0 Å². The van der Waals surface area contributed by atoms with Crippen LogP contribution in [-0.2, 0) is 14.3 Å². The maximum absolute atomic E-state index is 10.9. The largest absolute Gasteiger partial charge is 0.455 e. The number of carbonyl (C=O) groups excluding carboxylic acids is 1. The fourth-order valence-electron chi connectivity index (χ4n) is 1.87. The van der Waals surface area contributed by atoms with E-state index in [0.717, 1.165) is 6.42 Å². The molecule has 88 valence electrons. The molecule has 0 amide bonds. The van der Waals surface area contributed by atoms with E-state index < -0.39 is 18.4 Å². The van der Waals surface area contributed by atoms with Crippen molar-refractivity contribution in [2.24, 2.45) is 0 Å². The average molecular weight is 217 g/mol. The number of rotatable bonds is 2. The molecule has 0 bridgehead atoms. The topological polar surface area (TPSA) is 59.0 Å². The van der Waals surface area contributed by atoms with E-state index in [9.17, 15) is 9.90 Å². The predicted molar refractivity (Wildman–Crippen MR) is 54.2 cm³/mol. The molecule has 1 aliphatic rings. The Morgan fingerprint density at radius 1 is 1.53 bits per heavy atom. The Labute approximate surface area is 90.0 Å².